The summed E-state index contributed by atoms with van der Waals surface area (Å²) in [4.78, 5) is 14.8. The molecular formula is C16H20N4O2S. The molecule has 1 fully saturated rings. The summed E-state index contributed by atoms with van der Waals surface area (Å²) in [6.45, 7) is 4.84. The first-order valence-electron chi connectivity index (χ1n) is 7.96. The molecule has 0 radical (unpaired) electrons. The van der Waals surface area contributed by atoms with Gasteiger partial charge >= 0.3 is 0 Å². The first-order valence-corrected chi connectivity index (χ1v) is 8.90. The molecule has 0 aromatic carbocycles. The van der Waals surface area contributed by atoms with E-state index in [9.17, 15) is 4.79 Å². The lowest BCUT2D eigenvalue weighted by atomic mass is 10.1. The maximum absolute atomic E-state index is 13.0. The van der Waals surface area contributed by atoms with Crippen molar-refractivity contribution >= 4 is 17.2 Å². The molecule has 2 aromatic rings. The normalized spacial score (nSPS) is 24.5. The Morgan fingerprint density at radius 1 is 1.48 bits per heavy atom. The number of H-pyrrole nitrogens is 1. The van der Waals surface area contributed by atoms with Crippen molar-refractivity contribution in [2.45, 2.75) is 32.1 Å². The molecule has 0 spiro atoms. The van der Waals surface area contributed by atoms with E-state index in [1.54, 1.807) is 11.3 Å². The molecule has 0 bridgehead atoms. The van der Waals surface area contributed by atoms with Gasteiger partial charge in [0, 0.05) is 37.3 Å². The standard InChI is InChI=1S/C16H20N4O2S/c1-10-7-20(8-14(22-10)11-3-5-23-9-11)16(21)15-12-6-17-4-2-13(12)18-19-15/h3,5,9-10,14,17H,2,4,6-8H2,1H3,(H,18,19). The van der Waals surface area contributed by atoms with E-state index in [0.29, 0.717) is 25.3 Å². The SMILES string of the molecule is CC1CN(C(=O)c2n[nH]c3c2CNCC3)CC(c2ccsc2)O1. The van der Waals surface area contributed by atoms with Gasteiger partial charge in [0.05, 0.1) is 12.6 Å². The molecule has 6 nitrogen and oxygen atoms in total. The molecule has 4 rings (SSSR count). The molecule has 7 heteroatoms. The van der Waals surface area contributed by atoms with Gasteiger partial charge in [-0.15, -0.1) is 0 Å². The van der Waals surface area contributed by atoms with Gasteiger partial charge in [0.1, 0.15) is 6.10 Å². The van der Waals surface area contributed by atoms with Crippen LogP contribution in [0.2, 0.25) is 0 Å². The average molecular weight is 332 g/mol. The van der Waals surface area contributed by atoms with E-state index in [0.717, 1.165) is 29.8 Å². The van der Waals surface area contributed by atoms with Crippen molar-refractivity contribution in [1.82, 2.24) is 20.4 Å². The van der Waals surface area contributed by atoms with Gasteiger partial charge < -0.3 is 15.0 Å². The molecule has 0 aliphatic carbocycles. The number of fused-ring (bicyclic) bond motifs is 1. The first kappa shape index (κ1) is 14.9. The number of amides is 1. The molecule has 1 saturated heterocycles. The van der Waals surface area contributed by atoms with E-state index < -0.39 is 0 Å². The zero-order valence-corrected chi connectivity index (χ0v) is 13.9. The summed E-state index contributed by atoms with van der Waals surface area (Å²) in [5.41, 5.74) is 3.81. The third-order valence-electron chi connectivity index (χ3n) is 4.47. The number of aromatic nitrogens is 2. The number of rotatable bonds is 2. The largest absolute Gasteiger partial charge is 0.367 e. The molecule has 1 amide bonds. The monoisotopic (exact) mass is 332 g/mol. The zero-order valence-electron chi connectivity index (χ0n) is 13.0. The summed E-state index contributed by atoms with van der Waals surface area (Å²) in [6, 6.07) is 2.07. The van der Waals surface area contributed by atoms with Crippen LogP contribution in [0.15, 0.2) is 16.8 Å². The second kappa shape index (κ2) is 6.07. The summed E-state index contributed by atoms with van der Waals surface area (Å²) < 4.78 is 6.01. The fourth-order valence-corrected chi connectivity index (χ4v) is 4.01. The minimum Gasteiger partial charge on any atom is -0.367 e. The number of nitrogens with zero attached hydrogens (tertiary/aromatic N) is 2. The van der Waals surface area contributed by atoms with Gasteiger partial charge in [-0.3, -0.25) is 9.89 Å². The van der Waals surface area contributed by atoms with Crippen molar-refractivity contribution in [3.05, 3.63) is 39.3 Å². The number of aromatic amines is 1. The van der Waals surface area contributed by atoms with Crippen molar-refractivity contribution in [3.8, 4) is 0 Å². The highest BCUT2D eigenvalue weighted by molar-refractivity contribution is 7.07. The molecule has 23 heavy (non-hydrogen) atoms. The number of carbonyl (C=O) groups is 1. The number of carbonyl (C=O) groups excluding carboxylic acids is 1. The number of ether oxygens (including phenoxy) is 1. The Hall–Kier alpha value is -1.70. The first-order chi connectivity index (χ1) is 11.2. The van der Waals surface area contributed by atoms with Crippen molar-refractivity contribution in [2.24, 2.45) is 0 Å². The maximum Gasteiger partial charge on any atom is 0.274 e. The number of morpholine rings is 1. The highest BCUT2D eigenvalue weighted by Crippen LogP contribution is 2.28. The van der Waals surface area contributed by atoms with Crippen LogP contribution in [-0.4, -0.2) is 46.7 Å². The maximum atomic E-state index is 13.0. The van der Waals surface area contributed by atoms with Crippen LogP contribution in [0.3, 0.4) is 0 Å². The number of nitrogens with one attached hydrogen (secondary N) is 2. The molecule has 2 N–H and O–H groups in total. The third kappa shape index (κ3) is 2.80. The molecule has 4 heterocycles. The predicted molar refractivity (Wildman–Crippen MR) is 87.5 cm³/mol. The van der Waals surface area contributed by atoms with Crippen molar-refractivity contribution < 1.29 is 9.53 Å². The second-order valence-electron chi connectivity index (χ2n) is 6.16. The summed E-state index contributed by atoms with van der Waals surface area (Å²) in [5, 5.41) is 14.8. The van der Waals surface area contributed by atoms with Crippen LogP contribution in [0, 0.1) is 0 Å². The van der Waals surface area contributed by atoms with Crippen LogP contribution in [0.25, 0.3) is 0 Å². The number of thiophene rings is 1. The van der Waals surface area contributed by atoms with Crippen LogP contribution in [0.1, 0.15) is 40.3 Å². The molecule has 2 aliphatic rings. The molecule has 2 aliphatic heterocycles. The molecule has 2 aromatic heterocycles. The predicted octanol–water partition coefficient (Wildman–Crippen LogP) is 1.72. The quantitative estimate of drug-likeness (QED) is 0.878. The summed E-state index contributed by atoms with van der Waals surface area (Å²) in [6.07, 6.45) is 0.861. The fraction of sp³-hybridized carbons (Fsp3) is 0.500. The van der Waals surface area contributed by atoms with Crippen LogP contribution in [-0.2, 0) is 17.7 Å². The Kier molecular flexibility index (Phi) is 3.92. The van der Waals surface area contributed by atoms with Gasteiger partial charge in [0.2, 0.25) is 0 Å². The van der Waals surface area contributed by atoms with Gasteiger partial charge in [0.25, 0.3) is 5.91 Å². The average Bonchev–Trinajstić information content (AvgIpc) is 3.23. The topological polar surface area (TPSA) is 70.2 Å². The number of hydrogen-bond donors (Lipinski definition) is 2. The minimum absolute atomic E-state index is 0.00146. The lowest BCUT2D eigenvalue weighted by Crippen LogP contribution is -2.46. The Balaban J connectivity index is 1.57. The number of hydrogen-bond acceptors (Lipinski definition) is 5. The summed E-state index contributed by atoms with van der Waals surface area (Å²) in [7, 11) is 0. The Bertz CT molecular complexity index is 697. The summed E-state index contributed by atoms with van der Waals surface area (Å²) in [5.74, 6) is 0.00146. The summed E-state index contributed by atoms with van der Waals surface area (Å²) >= 11 is 1.65. The van der Waals surface area contributed by atoms with Gasteiger partial charge in [-0.05, 0) is 29.3 Å². The molecule has 0 saturated carbocycles. The van der Waals surface area contributed by atoms with Crippen LogP contribution in [0.4, 0.5) is 0 Å². The highest BCUT2D eigenvalue weighted by Gasteiger charge is 2.33. The van der Waals surface area contributed by atoms with Gasteiger partial charge in [-0.25, -0.2) is 0 Å². The smallest absolute Gasteiger partial charge is 0.274 e. The minimum atomic E-state index is -0.0538. The van der Waals surface area contributed by atoms with E-state index in [1.165, 1.54) is 0 Å². The molecule has 2 atom stereocenters. The second-order valence-corrected chi connectivity index (χ2v) is 6.94. The highest BCUT2D eigenvalue weighted by atomic mass is 32.1. The van der Waals surface area contributed by atoms with Crippen molar-refractivity contribution in [3.63, 3.8) is 0 Å². The molecular weight excluding hydrogens is 312 g/mol. The van der Waals surface area contributed by atoms with Gasteiger partial charge in [0.15, 0.2) is 5.69 Å². The fourth-order valence-electron chi connectivity index (χ4n) is 3.31. The van der Waals surface area contributed by atoms with Crippen LogP contribution in [0.5, 0.6) is 0 Å². The zero-order chi connectivity index (χ0) is 15.8. The van der Waals surface area contributed by atoms with E-state index in [1.807, 2.05) is 17.2 Å². The van der Waals surface area contributed by atoms with Gasteiger partial charge in [-0.2, -0.15) is 16.4 Å². The van der Waals surface area contributed by atoms with Crippen LogP contribution < -0.4 is 5.32 Å². The van der Waals surface area contributed by atoms with Crippen molar-refractivity contribution in [2.75, 3.05) is 19.6 Å². The van der Waals surface area contributed by atoms with Crippen LogP contribution >= 0.6 is 11.3 Å². The van der Waals surface area contributed by atoms with E-state index in [2.05, 4.69) is 27.0 Å². The molecule has 122 valence electrons. The Morgan fingerprint density at radius 3 is 3.22 bits per heavy atom. The molecule has 2 unspecified atom stereocenters. The van der Waals surface area contributed by atoms with E-state index in [4.69, 9.17) is 4.74 Å². The van der Waals surface area contributed by atoms with Crippen molar-refractivity contribution in [1.29, 1.82) is 0 Å². The van der Waals surface area contributed by atoms with E-state index >= 15 is 0 Å². The van der Waals surface area contributed by atoms with Gasteiger partial charge in [-0.1, -0.05) is 0 Å². The Labute approximate surface area is 138 Å². The third-order valence-corrected chi connectivity index (χ3v) is 5.17. The van der Waals surface area contributed by atoms with E-state index in [-0.39, 0.29) is 18.1 Å². The lowest BCUT2D eigenvalue weighted by Gasteiger charge is -2.36. The lowest BCUT2D eigenvalue weighted by molar-refractivity contribution is -0.0691. The Morgan fingerprint density at radius 2 is 2.39 bits per heavy atom.